The lowest BCUT2D eigenvalue weighted by Crippen LogP contribution is -2.49. The van der Waals surface area contributed by atoms with Crippen molar-refractivity contribution < 1.29 is 12.9 Å². The molecule has 1 saturated heterocycles. The molecule has 96 valence electrons. The molecule has 0 aromatic carbocycles. The predicted octanol–water partition coefficient (Wildman–Crippen LogP) is -0.542. The molecule has 17 heavy (non-hydrogen) atoms. The number of piperazine rings is 1. The van der Waals surface area contributed by atoms with Gasteiger partial charge in [-0.1, -0.05) is 5.16 Å². The summed E-state index contributed by atoms with van der Waals surface area (Å²) < 4.78 is 28.1. The van der Waals surface area contributed by atoms with Crippen LogP contribution in [-0.4, -0.2) is 45.5 Å². The molecule has 1 aromatic heterocycles. The fourth-order valence-corrected chi connectivity index (χ4v) is 2.86. The molecule has 8 heteroatoms. The number of nitrogen functional groups attached to an aromatic ring is 1. The number of nitrogens with zero attached hydrogens (tertiary/aromatic N) is 2. The van der Waals surface area contributed by atoms with E-state index in [0.29, 0.717) is 18.9 Å². The van der Waals surface area contributed by atoms with Crippen molar-refractivity contribution in [3.63, 3.8) is 0 Å². The van der Waals surface area contributed by atoms with Crippen molar-refractivity contribution in [1.82, 2.24) is 10.5 Å². The summed E-state index contributed by atoms with van der Waals surface area (Å²) in [6, 6.07) is 0.272. The highest BCUT2D eigenvalue weighted by molar-refractivity contribution is 7.91. The van der Waals surface area contributed by atoms with Crippen LogP contribution in [0.25, 0.3) is 0 Å². The van der Waals surface area contributed by atoms with Crippen LogP contribution in [0.3, 0.4) is 0 Å². The van der Waals surface area contributed by atoms with E-state index < -0.39 is 9.84 Å². The molecule has 1 fully saturated rings. The maximum absolute atomic E-state index is 11.6. The van der Waals surface area contributed by atoms with Crippen LogP contribution in [0.1, 0.15) is 6.92 Å². The van der Waals surface area contributed by atoms with Crippen molar-refractivity contribution in [2.24, 2.45) is 0 Å². The number of hydrogen-bond donors (Lipinski definition) is 2. The summed E-state index contributed by atoms with van der Waals surface area (Å²) in [6.45, 7) is 4.15. The Morgan fingerprint density at radius 3 is 2.88 bits per heavy atom. The summed E-state index contributed by atoms with van der Waals surface area (Å²) in [5.41, 5.74) is 5.52. The Balaban J connectivity index is 2.39. The van der Waals surface area contributed by atoms with Crippen molar-refractivity contribution in [1.29, 1.82) is 0 Å². The molecule has 1 aliphatic rings. The van der Waals surface area contributed by atoms with Crippen molar-refractivity contribution in [3.05, 3.63) is 0 Å². The Bertz CT molecular complexity index is 510. The standard InChI is InChI=1S/C9H16N4O3S/c1-6-5-13(4-3-11-6)9-7(17(2,14)15)8(10)16-12-9/h6,11H,3-5,10H2,1-2H3. The van der Waals surface area contributed by atoms with Crippen LogP contribution in [-0.2, 0) is 9.84 Å². The summed E-state index contributed by atoms with van der Waals surface area (Å²) in [5.74, 6) is 0.173. The lowest BCUT2D eigenvalue weighted by Gasteiger charge is -2.31. The van der Waals surface area contributed by atoms with E-state index in [1.165, 1.54) is 0 Å². The molecule has 0 spiro atoms. The molecular formula is C9H16N4O3S. The van der Waals surface area contributed by atoms with Gasteiger partial charge in [-0.3, -0.25) is 0 Å². The zero-order valence-electron chi connectivity index (χ0n) is 9.80. The Morgan fingerprint density at radius 1 is 1.59 bits per heavy atom. The van der Waals surface area contributed by atoms with Gasteiger partial charge in [0.2, 0.25) is 5.88 Å². The largest absolute Gasteiger partial charge is 0.366 e. The average Bonchev–Trinajstić information content (AvgIpc) is 2.59. The normalized spacial score (nSPS) is 21.8. The van der Waals surface area contributed by atoms with Crippen LogP contribution < -0.4 is 16.0 Å². The zero-order valence-corrected chi connectivity index (χ0v) is 10.6. The van der Waals surface area contributed by atoms with E-state index in [0.717, 1.165) is 12.8 Å². The number of aromatic nitrogens is 1. The van der Waals surface area contributed by atoms with E-state index in [9.17, 15) is 8.42 Å². The summed E-state index contributed by atoms with van der Waals surface area (Å²) in [5, 5.41) is 7.03. The number of hydrogen-bond acceptors (Lipinski definition) is 7. The van der Waals surface area contributed by atoms with E-state index in [1.54, 1.807) is 0 Å². The van der Waals surface area contributed by atoms with Crippen LogP contribution in [0.5, 0.6) is 0 Å². The molecule has 1 aliphatic heterocycles. The fourth-order valence-electron chi connectivity index (χ4n) is 1.96. The van der Waals surface area contributed by atoms with Crippen LogP contribution in [0, 0.1) is 0 Å². The SMILES string of the molecule is CC1CN(c2noc(N)c2S(C)(=O)=O)CCN1. The number of nitrogens with one attached hydrogen (secondary N) is 1. The fraction of sp³-hybridized carbons (Fsp3) is 0.667. The van der Waals surface area contributed by atoms with Crippen LogP contribution in [0.15, 0.2) is 9.42 Å². The molecule has 1 unspecified atom stereocenters. The van der Waals surface area contributed by atoms with Crippen molar-refractivity contribution in [3.8, 4) is 0 Å². The summed E-state index contributed by atoms with van der Waals surface area (Å²) in [7, 11) is -3.43. The number of anilines is 2. The minimum absolute atomic E-state index is 0.00778. The Labute approximate surface area is 99.9 Å². The smallest absolute Gasteiger partial charge is 0.243 e. The van der Waals surface area contributed by atoms with E-state index in [1.807, 2.05) is 11.8 Å². The molecule has 0 amide bonds. The molecule has 1 aromatic rings. The van der Waals surface area contributed by atoms with Gasteiger partial charge in [-0.25, -0.2) is 8.42 Å². The Morgan fingerprint density at radius 2 is 2.29 bits per heavy atom. The van der Waals surface area contributed by atoms with Gasteiger partial charge in [0.05, 0.1) is 0 Å². The van der Waals surface area contributed by atoms with Gasteiger partial charge >= 0.3 is 0 Å². The molecule has 3 N–H and O–H groups in total. The highest BCUT2D eigenvalue weighted by Crippen LogP contribution is 2.30. The van der Waals surface area contributed by atoms with Gasteiger partial charge in [-0.05, 0) is 6.92 Å². The molecule has 1 atom stereocenters. The first kappa shape index (κ1) is 12.2. The highest BCUT2D eigenvalue weighted by Gasteiger charge is 2.29. The second-order valence-electron chi connectivity index (χ2n) is 4.27. The van der Waals surface area contributed by atoms with Gasteiger partial charge in [0, 0.05) is 31.9 Å². The van der Waals surface area contributed by atoms with E-state index in [2.05, 4.69) is 10.5 Å². The Kier molecular flexibility index (Phi) is 3.00. The van der Waals surface area contributed by atoms with Gasteiger partial charge in [0.15, 0.2) is 20.6 Å². The van der Waals surface area contributed by atoms with E-state index >= 15 is 0 Å². The summed E-state index contributed by atoms with van der Waals surface area (Å²) in [6.07, 6.45) is 1.10. The number of nitrogens with two attached hydrogens (primary N) is 1. The molecule has 2 heterocycles. The molecular weight excluding hydrogens is 244 g/mol. The maximum Gasteiger partial charge on any atom is 0.243 e. The van der Waals surface area contributed by atoms with Crippen molar-refractivity contribution in [2.75, 3.05) is 36.5 Å². The molecule has 0 radical (unpaired) electrons. The van der Waals surface area contributed by atoms with Crippen molar-refractivity contribution in [2.45, 2.75) is 17.9 Å². The first-order valence-electron chi connectivity index (χ1n) is 5.33. The van der Waals surface area contributed by atoms with Gasteiger partial charge in [-0.2, -0.15) is 0 Å². The zero-order chi connectivity index (χ0) is 12.6. The highest BCUT2D eigenvalue weighted by atomic mass is 32.2. The van der Waals surface area contributed by atoms with Crippen LogP contribution in [0.4, 0.5) is 11.7 Å². The Hall–Kier alpha value is -1.28. The lowest BCUT2D eigenvalue weighted by molar-refractivity contribution is 0.425. The number of sulfone groups is 1. The molecule has 0 aliphatic carbocycles. The van der Waals surface area contributed by atoms with Crippen LogP contribution in [0.2, 0.25) is 0 Å². The second-order valence-corrected chi connectivity index (χ2v) is 6.23. The second kappa shape index (κ2) is 4.19. The first-order valence-corrected chi connectivity index (χ1v) is 7.22. The van der Waals surface area contributed by atoms with Gasteiger partial charge < -0.3 is 20.5 Å². The van der Waals surface area contributed by atoms with E-state index in [4.69, 9.17) is 10.3 Å². The molecule has 7 nitrogen and oxygen atoms in total. The third-order valence-electron chi connectivity index (χ3n) is 2.70. The van der Waals surface area contributed by atoms with Gasteiger partial charge in [-0.15, -0.1) is 0 Å². The van der Waals surface area contributed by atoms with Crippen molar-refractivity contribution >= 4 is 21.5 Å². The maximum atomic E-state index is 11.6. The van der Waals surface area contributed by atoms with Gasteiger partial charge in [0.1, 0.15) is 0 Å². The average molecular weight is 260 g/mol. The summed E-state index contributed by atoms with van der Waals surface area (Å²) >= 11 is 0. The number of rotatable bonds is 2. The minimum atomic E-state index is -3.43. The van der Waals surface area contributed by atoms with Gasteiger partial charge in [0.25, 0.3) is 0 Å². The monoisotopic (exact) mass is 260 g/mol. The third kappa shape index (κ3) is 2.37. The summed E-state index contributed by atoms with van der Waals surface area (Å²) in [4.78, 5) is 1.86. The lowest BCUT2D eigenvalue weighted by atomic mass is 10.2. The molecule has 2 rings (SSSR count). The predicted molar refractivity (Wildman–Crippen MR) is 63.7 cm³/mol. The molecule has 0 bridgehead atoms. The van der Waals surface area contributed by atoms with Crippen LogP contribution >= 0.6 is 0 Å². The quantitative estimate of drug-likeness (QED) is 0.736. The topological polar surface area (TPSA) is 101 Å². The third-order valence-corrected chi connectivity index (χ3v) is 3.82. The molecule has 0 saturated carbocycles. The first-order chi connectivity index (χ1) is 7.89. The van der Waals surface area contributed by atoms with E-state index in [-0.39, 0.29) is 16.8 Å². The minimum Gasteiger partial charge on any atom is -0.366 e.